The van der Waals surface area contributed by atoms with Gasteiger partial charge in [0, 0.05) is 10.2 Å². The van der Waals surface area contributed by atoms with E-state index in [1.165, 1.54) is 6.42 Å². The Morgan fingerprint density at radius 3 is 3.00 bits per heavy atom. The monoisotopic (exact) mass is 292 g/mol. The first-order chi connectivity index (χ1) is 8.13. The van der Waals surface area contributed by atoms with E-state index >= 15 is 0 Å². The Kier molecular flexibility index (Phi) is 3.73. The highest BCUT2D eigenvalue weighted by molar-refractivity contribution is 9.10. The van der Waals surface area contributed by atoms with E-state index in [4.69, 9.17) is 0 Å². The van der Waals surface area contributed by atoms with Crippen molar-refractivity contribution in [3.05, 3.63) is 28.7 Å². The molecule has 2 atom stereocenters. The largest absolute Gasteiger partial charge is 0.367 e. The highest BCUT2D eigenvalue weighted by atomic mass is 79.9. The van der Waals surface area contributed by atoms with E-state index < -0.39 is 0 Å². The number of nitrogens with zero attached hydrogens (tertiary/aromatic N) is 1. The molecule has 1 aliphatic rings. The third kappa shape index (κ3) is 3.01. The Balaban J connectivity index is 2.17. The molecule has 1 fully saturated rings. The summed E-state index contributed by atoms with van der Waals surface area (Å²) in [6.07, 6.45) is 4.26. The minimum atomic E-state index is -0.377. The van der Waals surface area contributed by atoms with Crippen molar-refractivity contribution >= 4 is 21.6 Å². The summed E-state index contributed by atoms with van der Waals surface area (Å²) in [6.45, 7) is 2.23. The lowest BCUT2D eigenvalue weighted by atomic mass is 9.77. The molecule has 17 heavy (non-hydrogen) atoms. The zero-order valence-corrected chi connectivity index (χ0v) is 11.6. The maximum atomic E-state index is 9.47. The van der Waals surface area contributed by atoms with E-state index in [1.54, 1.807) is 0 Å². The molecule has 0 spiro atoms. The molecule has 2 unspecified atom stereocenters. The highest BCUT2D eigenvalue weighted by Gasteiger charge is 2.34. The number of nitriles is 1. The Labute approximate surface area is 111 Å². The zero-order valence-electron chi connectivity index (χ0n) is 10.0. The molecule has 90 valence electrons. The molecule has 0 bridgehead atoms. The zero-order chi connectivity index (χ0) is 12.3. The molecule has 1 aromatic rings. The number of rotatable bonds is 2. The Morgan fingerprint density at radius 1 is 1.53 bits per heavy atom. The molecule has 1 N–H and O–H groups in total. The molecule has 0 radical (unpaired) electrons. The highest BCUT2D eigenvalue weighted by Crippen LogP contribution is 2.34. The van der Waals surface area contributed by atoms with Gasteiger partial charge in [0.1, 0.15) is 5.54 Å². The van der Waals surface area contributed by atoms with Crippen LogP contribution in [-0.4, -0.2) is 5.54 Å². The molecule has 1 aliphatic carbocycles. The van der Waals surface area contributed by atoms with Crippen molar-refractivity contribution in [2.75, 3.05) is 5.32 Å². The molecule has 0 heterocycles. The van der Waals surface area contributed by atoms with Crippen molar-refractivity contribution in [1.82, 2.24) is 0 Å². The van der Waals surface area contributed by atoms with Crippen molar-refractivity contribution in [3.63, 3.8) is 0 Å². The molecular weight excluding hydrogens is 276 g/mol. The molecule has 0 aromatic heterocycles. The lowest BCUT2D eigenvalue weighted by Gasteiger charge is -2.35. The van der Waals surface area contributed by atoms with Crippen LogP contribution in [0, 0.1) is 17.2 Å². The average molecular weight is 293 g/mol. The maximum Gasteiger partial charge on any atom is 0.125 e. The second kappa shape index (κ2) is 5.10. The van der Waals surface area contributed by atoms with E-state index in [0.717, 1.165) is 29.4 Å². The quantitative estimate of drug-likeness (QED) is 0.880. The van der Waals surface area contributed by atoms with Crippen LogP contribution in [0.4, 0.5) is 5.69 Å². The first kappa shape index (κ1) is 12.4. The predicted molar refractivity (Wildman–Crippen MR) is 73.7 cm³/mol. The normalized spacial score (nSPS) is 28.4. The van der Waals surface area contributed by atoms with Gasteiger partial charge in [-0.1, -0.05) is 35.3 Å². The summed E-state index contributed by atoms with van der Waals surface area (Å²) in [6, 6.07) is 10.5. The van der Waals surface area contributed by atoms with Crippen molar-refractivity contribution < 1.29 is 0 Å². The summed E-state index contributed by atoms with van der Waals surface area (Å²) in [5.41, 5.74) is 0.647. The van der Waals surface area contributed by atoms with Gasteiger partial charge in [-0.25, -0.2) is 0 Å². The topological polar surface area (TPSA) is 35.8 Å². The SMILES string of the molecule is CC1CCCC(C#N)(Nc2cccc(Br)c2)C1. The van der Waals surface area contributed by atoms with Gasteiger partial charge in [-0.2, -0.15) is 5.26 Å². The Hall–Kier alpha value is -1.01. The minimum absolute atomic E-state index is 0.377. The van der Waals surface area contributed by atoms with Crippen molar-refractivity contribution in [1.29, 1.82) is 5.26 Å². The standard InChI is InChI=1S/C14H17BrN2/c1-11-4-3-7-14(9-11,10-16)17-13-6-2-5-12(15)8-13/h2,5-6,8,11,17H,3-4,7,9H2,1H3. The number of halogens is 1. The van der Waals surface area contributed by atoms with Gasteiger partial charge in [-0.05, 0) is 43.4 Å². The summed E-state index contributed by atoms with van der Waals surface area (Å²) < 4.78 is 1.04. The second-order valence-electron chi connectivity index (χ2n) is 5.03. The van der Waals surface area contributed by atoms with Gasteiger partial charge in [-0.3, -0.25) is 0 Å². The summed E-state index contributed by atoms with van der Waals surface area (Å²) in [4.78, 5) is 0. The number of nitrogens with one attached hydrogen (secondary N) is 1. The van der Waals surface area contributed by atoms with Crippen molar-refractivity contribution in [2.45, 2.75) is 38.1 Å². The fourth-order valence-electron chi connectivity index (χ4n) is 2.64. The molecular formula is C14H17BrN2. The number of hydrogen-bond acceptors (Lipinski definition) is 2. The fourth-order valence-corrected chi connectivity index (χ4v) is 3.04. The molecule has 0 amide bonds. The number of benzene rings is 1. The lowest BCUT2D eigenvalue weighted by molar-refractivity contribution is 0.308. The Bertz CT molecular complexity index is 438. The van der Waals surface area contributed by atoms with Crippen LogP contribution in [0.2, 0.25) is 0 Å². The number of anilines is 1. The van der Waals surface area contributed by atoms with E-state index in [2.05, 4.69) is 34.2 Å². The first-order valence-electron chi connectivity index (χ1n) is 6.08. The van der Waals surface area contributed by atoms with Gasteiger partial charge in [0.15, 0.2) is 0 Å². The third-order valence-electron chi connectivity index (χ3n) is 3.42. The van der Waals surface area contributed by atoms with Gasteiger partial charge >= 0.3 is 0 Å². The summed E-state index contributed by atoms with van der Waals surface area (Å²) in [7, 11) is 0. The van der Waals surface area contributed by atoms with Crippen LogP contribution in [0.25, 0.3) is 0 Å². The average Bonchev–Trinajstić information content (AvgIpc) is 2.29. The van der Waals surface area contributed by atoms with Crippen LogP contribution in [0.15, 0.2) is 28.7 Å². The van der Waals surface area contributed by atoms with Gasteiger partial charge in [0.05, 0.1) is 6.07 Å². The third-order valence-corrected chi connectivity index (χ3v) is 3.91. The Morgan fingerprint density at radius 2 is 2.35 bits per heavy atom. The number of hydrogen-bond donors (Lipinski definition) is 1. The lowest BCUT2D eigenvalue weighted by Crippen LogP contribution is -2.41. The van der Waals surface area contributed by atoms with Crippen LogP contribution in [0.1, 0.15) is 32.6 Å². The van der Waals surface area contributed by atoms with Crippen molar-refractivity contribution in [3.8, 4) is 6.07 Å². The van der Waals surface area contributed by atoms with Gasteiger partial charge < -0.3 is 5.32 Å². The summed E-state index contributed by atoms with van der Waals surface area (Å²) >= 11 is 3.46. The fraction of sp³-hybridized carbons (Fsp3) is 0.500. The minimum Gasteiger partial charge on any atom is -0.367 e. The molecule has 2 nitrogen and oxygen atoms in total. The molecule has 0 saturated heterocycles. The molecule has 2 rings (SSSR count). The molecule has 1 saturated carbocycles. The summed E-state index contributed by atoms with van der Waals surface area (Å²) in [5, 5.41) is 12.9. The molecule has 3 heteroatoms. The van der Waals surface area contributed by atoms with Crippen LogP contribution < -0.4 is 5.32 Å². The van der Waals surface area contributed by atoms with Crippen LogP contribution in [0.5, 0.6) is 0 Å². The van der Waals surface area contributed by atoms with Gasteiger partial charge in [0.25, 0.3) is 0 Å². The second-order valence-corrected chi connectivity index (χ2v) is 5.95. The van der Waals surface area contributed by atoms with Crippen LogP contribution in [-0.2, 0) is 0 Å². The van der Waals surface area contributed by atoms with E-state index in [9.17, 15) is 5.26 Å². The van der Waals surface area contributed by atoms with Gasteiger partial charge in [-0.15, -0.1) is 0 Å². The van der Waals surface area contributed by atoms with Gasteiger partial charge in [0.2, 0.25) is 0 Å². The van der Waals surface area contributed by atoms with Crippen LogP contribution >= 0.6 is 15.9 Å². The van der Waals surface area contributed by atoms with E-state index in [-0.39, 0.29) is 5.54 Å². The van der Waals surface area contributed by atoms with Crippen molar-refractivity contribution in [2.24, 2.45) is 5.92 Å². The van der Waals surface area contributed by atoms with Crippen LogP contribution in [0.3, 0.4) is 0 Å². The summed E-state index contributed by atoms with van der Waals surface area (Å²) in [5.74, 6) is 0.628. The van der Waals surface area contributed by atoms with E-state index in [1.807, 2.05) is 24.3 Å². The smallest absolute Gasteiger partial charge is 0.125 e. The predicted octanol–water partition coefficient (Wildman–Crippen LogP) is 4.33. The molecule has 0 aliphatic heterocycles. The molecule has 1 aromatic carbocycles. The first-order valence-corrected chi connectivity index (χ1v) is 6.88. The van der Waals surface area contributed by atoms with E-state index in [0.29, 0.717) is 5.92 Å². The maximum absolute atomic E-state index is 9.47.